The Morgan fingerprint density at radius 2 is 2.15 bits per heavy atom. The first kappa shape index (κ1) is 17.3. The number of fused-ring (bicyclic) bond motifs is 1. The number of H-pyrrole nitrogens is 1. The smallest absolute Gasteiger partial charge is 0.280 e. The molecule has 0 aliphatic carbocycles. The minimum absolute atomic E-state index is 0.0185. The number of nitrogens with one attached hydrogen (secondary N) is 1. The first-order valence-corrected chi connectivity index (χ1v) is 8.26. The summed E-state index contributed by atoms with van der Waals surface area (Å²) in [5.41, 5.74) is 3.72. The van der Waals surface area contributed by atoms with Gasteiger partial charge in [-0.25, -0.2) is 4.98 Å². The molecule has 1 fully saturated rings. The minimum Gasteiger partial charge on any atom is -0.394 e. The van der Waals surface area contributed by atoms with E-state index in [1.807, 2.05) is 0 Å². The highest BCUT2D eigenvalue weighted by Crippen LogP contribution is 2.39. The Kier molecular flexibility index (Phi) is 4.02. The maximum atomic E-state index is 13.4. The summed E-state index contributed by atoms with van der Waals surface area (Å²) in [5.74, 6) is -0.605. The van der Waals surface area contributed by atoms with Crippen LogP contribution in [0.4, 0.5) is 5.95 Å². The summed E-state index contributed by atoms with van der Waals surface area (Å²) < 4.78 is 7.13. The molecule has 1 aliphatic heterocycles. The largest absolute Gasteiger partial charge is 0.394 e. The number of nitrogens with zero attached hydrogens (tertiary/aromatic N) is 3. The maximum absolute atomic E-state index is 13.4. The third-order valence-electron chi connectivity index (χ3n) is 4.65. The number of rotatable bonds is 4. The normalized spacial score (nSPS) is 25.1. The van der Waals surface area contributed by atoms with Crippen LogP contribution in [0.25, 0.3) is 11.2 Å². The molecule has 0 unspecified atom stereocenters. The number of Topliss-reactive ketones (excluding diaryl/α,β-unsaturated/α-hetero) is 1. The third kappa shape index (κ3) is 2.62. The van der Waals surface area contributed by atoms with E-state index < -0.39 is 35.9 Å². The molecule has 1 aliphatic rings. The van der Waals surface area contributed by atoms with Crippen molar-refractivity contribution in [1.29, 1.82) is 0 Å². The average molecular weight is 371 g/mol. The van der Waals surface area contributed by atoms with Crippen LogP contribution in [0.1, 0.15) is 16.8 Å². The molecule has 0 amide bonds. The van der Waals surface area contributed by atoms with Crippen LogP contribution in [-0.4, -0.2) is 54.3 Å². The molecule has 140 valence electrons. The second-order valence-electron chi connectivity index (χ2n) is 6.33. The Morgan fingerprint density at radius 3 is 2.81 bits per heavy atom. The molecule has 27 heavy (non-hydrogen) atoms. The Bertz CT molecular complexity index is 1060. The Balaban J connectivity index is 1.95. The topological polar surface area (TPSA) is 156 Å². The van der Waals surface area contributed by atoms with Gasteiger partial charge in [-0.3, -0.25) is 19.1 Å². The number of carbonyl (C=O) groups excluding carboxylic acids is 1. The molecule has 4 rings (SSSR count). The fourth-order valence-electron chi connectivity index (χ4n) is 3.37. The summed E-state index contributed by atoms with van der Waals surface area (Å²) in [4.78, 5) is 35.9. The number of aliphatic hydroxyl groups excluding tert-OH is 2. The highest BCUT2D eigenvalue weighted by Gasteiger charge is 2.53. The Morgan fingerprint density at radius 1 is 1.41 bits per heavy atom. The molecule has 1 aromatic carbocycles. The van der Waals surface area contributed by atoms with Gasteiger partial charge in [0.05, 0.1) is 12.7 Å². The van der Waals surface area contributed by atoms with Crippen molar-refractivity contribution in [3.8, 4) is 0 Å². The monoisotopic (exact) mass is 371 g/mol. The van der Waals surface area contributed by atoms with Crippen molar-refractivity contribution in [2.45, 2.75) is 24.4 Å². The van der Waals surface area contributed by atoms with Crippen LogP contribution in [0.15, 0.2) is 41.5 Å². The number of nitrogen functional groups attached to an aromatic ring is 1. The van der Waals surface area contributed by atoms with Crippen LogP contribution in [0.5, 0.6) is 0 Å². The molecule has 1 saturated heterocycles. The van der Waals surface area contributed by atoms with Gasteiger partial charge < -0.3 is 20.7 Å². The lowest BCUT2D eigenvalue weighted by molar-refractivity contribution is -0.0900. The van der Waals surface area contributed by atoms with E-state index in [9.17, 15) is 19.8 Å². The quantitative estimate of drug-likeness (QED) is 0.442. The number of ketones is 1. The second kappa shape index (κ2) is 6.27. The zero-order valence-electron chi connectivity index (χ0n) is 14.1. The van der Waals surface area contributed by atoms with E-state index in [4.69, 9.17) is 10.5 Å². The van der Waals surface area contributed by atoms with Crippen LogP contribution in [0.3, 0.4) is 0 Å². The van der Waals surface area contributed by atoms with E-state index in [1.165, 1.54) is 10.9 Å². The van der Waals surface area contributed by atoms with Crippen molar-refractivity contribution in [2.75, 3.05) is 12.3 Å². The van der Waals surface area contributed by atoms with Gasteiger partial charge >= 0.3 is 0 Å². The number of benzene rings is 1. The van der Waals surface area contributed by atoms with Crippen molar-refractivity contribution in [3.63, 3.8) is 0 Å². The number of imidazole rings is 1. The fraction of sp³-hybridized carbons (Fsp3) is 0.294. The second-order valence-corrected chi connectivity index (χ2v) is 6.33. The lowest BCUT2D eigenvalue weighted by Gasteiger charge is -2.29. The van der Waals surface area contributed by atoms with Gasteiger partial charge in [-0.1, -0.05) is 30.3 Å². The van der Waals surface area contributed by atoms with Gasteiger partial charge in [-0.05, 0) is 0 Å². The first-order valence-electron chi connectivity index (χ1n) is 8.26. The number of aromatic nitrogens is 4. The number of aliphatic hydroxyl groups is 2. The van der Waals surface area contributed by atoms with Gasteiger partial charge in [0.2, 0.25) is 17.5 Å². The number of hydrogen-bond acceptors (Lipinski definition) is 8. The van der Waals surface area contributed by atoms with E-state index >= 15 is 0 Å². The molecule has 3 heterocycles. The van der Waals surface area contributed by atoms with Gasteiger partial charge in [0.1, 0.15) is 12.4 Å². The Labute approximate surface area is 152 Å². The molecule has 3 atom stereocenters. The number of ether oxygens (including phenoxy) is 1. The summed E-state index contributed by atoms with van der Waals surface area (Å²) in [6.45, 7) is -0.478. The number of anilines is 1. The zero-order valence-corrected chi connectivity index (χ0v) is 14.1. The molecule has 0 bridgehead atoms. The predicted molar refractivity (Wildman–Crippen MR) is 93.9 cm³/mol. The summed E-state index contributed by atoms with van der Waals surface area (Å²) in [5, 5.41) is 19.8. The minimum atomic E-state index is -1.73. The van der Waals surface area contributed by atoms with Gasteiger partial charge in [0, 0.05) is 12.0 Å². The number of hydrogen-bond donors (Lipinski definition) is 4. The molecule has 0 radical (unpaired) electrons. The summed E-state index contributed by atoms with van der Waals surface area (Å²) >= 11 is 0. The van der Waals surface area contributed by atoms with E-state index in [2.05, 4.69) is 15.0 Å². The van der Waals surface area contributed by atoms with E-state index in [0.717, 1.165) is 0 Å². The van der Waals surface area contributed by atoms with Crippen molar-refractivity contribution < 1.29 is 19.7 Å². The lowest BCUT2D eigenvalue weighted by atomic mass is 9.96. The summed E-state index contributed by atoms with van der Waals surface area (Å²) in [6, 6.07) is 8.38. The van der Waals surface area contributed by atoms with Crippen LogP contribution in [0, 0.1) is 0 Å². The highest BCUT2D eigenvalue weighted by atomic mass is 16.6. The first-order chi connectivity index (χ1) is 13.0. The molecule has 0 saturated carbocycles. The molecule has 10 heteroatoms. The maximum Gasteiger partial charge on any atom is 0.280 e. The predicted octanol–water partition coefficient (Wildman–Crippen LogP) is -0.620. The lowest BCUT2D eigenvalue weighted by Crippen LogP contribution is -2.42. The van der Waals surface area contributed by atoms with E-state index in [0.29, 0.717) is 5.56 Å². The summed E-state index contributed by atoms with van der Waals surface area (Å²) in [7, 11) is 0. The standard InChI is InChI=1S/C17H17N5O5/c18-16-20-14-12(15(26)21-16)19-8-22(14)17(6-10(24)11(7-23)27-17)13(25)9-4-2-1-3-5-9/h1-5,8,10-11,23-24H,6-7H2,(H3,18,20,21,26)/t10-,11+,17-/m0/s1. The van der Waals surface area contributed by atoms with Crippen LogP contribution >= 0.6 is 0 Å². The summed E-state index contributed by atoms with van der Waals surface area (Å²) in [6.07, 6.45) is -0.972. The van der Waals surface area contributed by atoms with Crippen molar-refractivity contribution in [1.82, 2.24) is 19.5 Å². The highest BCUT2D eigenvalue weighted by molar-refractivity contribution is 6.01. The van der Waals surface area contributed by atoms with Crippen LogP contribution < -0.4 is 11.3 Å². The van der Waals surface area contributed by atoms with E-state index in [1.54, 1.807) is 30.3 Å². The molecule has 10 nitrogen and oxygen atoms in total. The van der Waals surface area contributed by atoms with Gasteiger partial charge in [-0.15, -0.1) is 0 Å². The number of carbonyl (C=O) groups is 1. The van der Waals surface area contributed by atoms with Gasteiger partial charge in [0.25, 0.3) is 5.56 Å². The SMILES string of the molecule is Nc1nc2c(ncn2[C@@]2(C(=O)c3ccccc3)C[C@H](O)[C@@H](CO)O2)c(=O)[nH]1. The van der Waals surface area contributed by atoms with Gasteiger partial charge in [0.15, 0.2) is 11.2 Å². The molecule has 5 N–H and O–H groups in total. The van der Waals surface area contributed by atoms with Gasteiger partial charge in [-0.2, -0.15) is 4.98 Å². The van der Waals surface area contributed by atoms with Crippen molar-refractivity contribution in [3.05, 3.63) is 52.6 Å². The van der Waals surface area contributed by atoms with Crippen molar-refractivity contribution in [2.24, 2.45) is 0 Å². The average Bonchev–Trinajstić information content (AvgIpc) is 3.23. The molecular weight excluding hydrogens is 354 g/mol. The van der Waals surface area contributed by atoms with Crippen LogP contribution in [0.2, 0.25) is 0 Å². The molecule has 0 spiro atoms. The molecule has 3 aromatic rings. The third-order valence-corrected chi connectivity index (χ3v) is 4.65. The Hall–Kier alpha value is -3.08. The van der Waals surface area contributed by atoms with Crippen LogP contribution in [-0.2, 0) is 10.5 Å². The van der Waals surface area contributed by atoms with E-state index in [-0.39, 0.29) is 23.5 Å². The number of aromatic amines is 1. The molecule has 2 aromatic heterocycles. The van der Waals surface area contributed by atoms with Crippen molar-refractivity contribution >= 4 is 22.9 Å². The number of nitrogens with two attached hydrogens (primary N) is 1. The fourth-order valence-corrected chi connectivity index (χ4v) is 3.37. The molecular formula is C17H17N5O5. The zero-order chi connectivity index (χ0) is 19.2.